The number of anilines is 2. The summed E-state index contributed by atoms with van der Waals surface area (Å²) in [5.41, 5.74) is 3.28. The number of carbonyl (C=O) groups excluding carboxylic acids is 1. The average Bonchev–Trinajstić information content (AvgIpc) is 2.69. The van der Waals surface area contributed by atoms with Crippen molar-refractivity contribution in [1.29, 1.82) is 5.26 Å². The van der Waals surface area contributed by atoms with Gasteiger partial charge in [0.2, 0.25) is 5.91 Å². The molecular weight excluding hydrogens is 324 g/mol. The molecule has 0 aliphatic rings. The lowest BCUT2D eigenvalue weighted by Gasteiger charge is -2.18. The molecule has 0 aliphatic carbocycles. The highest BCUT2D eigenvalue weighted by molar-refractivity contribution is 5.97. The summed E-state index contributed by atoms with van der Waals surface area (Å²) < 4.78 is 0. The van der Waals surface area contributed by atoms with Crippen LogP contribution >= 0.6 is 0 Å². The van der Waals surface area contributed by atoms with Crippen LogP contribution in [0.4, 0.5) is 11.5 Å². The summed E-state index contributed by atoms with van der Waals surface area (Å²) in [6.45, 7) is 0.155. The lowest BCUT2D eigenvalue weighted by Crippen LogP contribution is -2.30. The zero-order chi connectivity index (χ0) is 18.4. The summed E-state index contributed by atoms with van der Waals surface area (Å²) in [6.07, 6.45) is 1.49. The maximum Gasteiger partial charge on any atom is 0.243 e. The van der Waals surface area contributed by atoms with Crippen LogP contribution in [0.2, 0.25) is 0 Å². The topological polar surface area (TPSA) is 69.0 Å². The van der Waals surface area contributed by atoms with Crippen LogP contribution in [-0.2, 0) is 4.79 Å². The van der Waals surface area contributed by atoms with Crippen molar-refractivity contribution in [3.63, 3.8) is 0 Å². The first-order valence-electron chi connectivity index (χ1n) is 8.19. The van der Waals surface area contributed by atoms with Crippen LogP contribution < -0.4 is 10.2 Å². The molecule has 1 heterocycles. The highest BCUT2D eigenvalue weighted by atomic mass is 16.2. The van der Waals surface area contributed by atoms with Crippen molar-refractivity contribution in [2.75, 3.05) is 23.8 Å². The number of pyridine rings is 1. The second kappa shape index (κ2) is 7.95. The van der Waals surface area contributed by atoms with Crippen LogP contribution in [0.1, 0.15) is 5.56 Å². The predicted molar refractivity (Wildman–Crippen MR) is 103 cm³/mol. The van der Waals surface area contributed by atoms with Gasteiger partial charge in [0.1, 0.15) is 11.9 Å². The number of likely N-dealkylation sites (N-methyl/N-ethyl adjacent to an activating group) is 1. The fourth-order valence-electron chi connectivity index (χ4n) is 2.63. The third kappa shape index (κ3) is 4.05. The highest BCUT2D eigenvalue weighted by Crippen LogP contribution is 2.27. The number of aromatic nitrogens is 1. The molecular formula is C21H18N4O. The number of hydrogen-bond donors (Lipinski definition) is 1. The van der Waals surface area contributed by atoms with E-state index < -0.39 is 0 Å². The molecule has 3 aromatic rings. The van der Waals surface area contributed by atoms with E-state index in [1.54, 1.807) is 24.1 Å². The first-order chi connectivity index (χ1) is 12.7. The molecule has 128 valence electrons. The van der Waals surface area contributed by atoms with E-state index in [0.717, 1.165) is 16.8 Å². The van der Waals surface area contributed by atoms with Crippen LogP contribution in [0, 0.1) is 11.3 Å². The lowest BCUT2D eigenvalue weighted by molar-refractivity contribution is -0.114. The maximum absolute atomic E-state index is 12.5. The molecule has 0 saturated carbocycles. The molecule has 0 radical (unpaired) electrons. The van der Waals surface area contributed by atoms with Gasteiger partial charge in [0.05, 0.1) is 12.1 Å². The minimum atomic E-state index is -0.137. The van der Waals surface area contributed by atoms with E-state index in [9.17, 15) is 4.79 Å². The molecule has 5 nitrogen and oxygen atoms in total. The van der Waals surface area contributed by atoms with Gasteiger partial charge >= 0.3 is 0 Å². The summed E-state index contributed by atoms with van der Waals surface area (Å²) in [4.78, 5) is 18.4. The number of benzene rings is 2. The number of nitriles is 1. The average molecular weight is 342 g/mol. The van der Waals surface area contributed by atoms with Gasteiger partial charge in [0, 0.05) is 24.5 Å². The van der Waals surface area contributed by atoms with Crippen LogP contribution in [0.25, 0.3) is 11.1 Å². The van der Waals surface area contributed by atoms with Gasteiger partial charge in [-0.15, -0.1) is 0 Å². The Hall–Kier alpha value is -3.65. The molecule has 2 aromatic carbocycles. The Morgan fingerprint density at radius 3 is 2.50 bits per heavy atom. The fourth-order valence-corrected chi connectivity index (χ4v) is 2.63. The van der Waals surface area contributed by atoms with Gasteiger partial charge in [0.15, 0.2) is 0 Å². The molecule has 0 aliphatic heterocycles. The van der Waals surface area contributed by atoms with E-state index >= 15 is 0 Å². The van der Waals surface area contributed by atoms with E-state index in [-0.39, 0.29) is 12.5 Å². The number of carbonyl (C=O) groups is 1. The first-order valence-corrected chi connectivity index (χ1v) is 8.19. The van der Waals surface area contributed by atoms with Gasteiger partial charge in [-0.25, -0.2) is 4.98 Å². The summed E-state index contributed by atoms with van der Waals surface area (Å²) in [5.74, 6) is 0.498. The smallest absolute Gasteiger partial charge is 0.243 e. The number of nitrogens with zero attached hydrogens (tertiary/aromatic N) is 3. The van der Waals surface area contributed by atoms with Crippen LogP contribution in [0.3, 0.4) is 0 Å². The SMILES string of the molecule is CN(CC(=O)Nc1ccccc1-c1ccccc1)c1ccc(C#N)cn1. The molecule has 0 fully saturated rings. The Bertz CT molecular complexity index is 930. The normalized spacial score (nSPS) is 10.0. The monoisotopic (exact) mass is 342 g/mol. The largest absolute Gasteiger partial charge is 0.350 e. The Balaban J connectivity index is 1.71. The zero-order valence-corrected chi connectivity index (χ0v) is 14.4. The molecule has 1 amide bonds. The molecule has 0 bridgehead atoms. The number of amides is 1. The summed E-state index contributed by atoms with van der Waals surface area (Å²) in [5, 5.41) is 11.8. The Labute approximate surface area is 152 Å². The van der Waals surface area contributed by atoms with Crippen molar-refractivity contribution < 1.29 is 4.79 Å². The van der Waals surface area contributed by atoms with E-state index in [2.05, 4.69) is 10.3 Å². The molecule has 0 saturated heterocycles. The van der Waals surface area contributed by atoms with E-state index in [4.69, 9.17) is 5.26 Å². The van der Waals surface area contributed by atoms with Crippen LogP contribution in [0.15, 0.2) is 72.9 Å². The minimum Gasteiger partial charge on any atom is -0.350 e. The summed E-state index contributed by atoms with van der Waals surface area (Å²) >= 11 is 0. The van der Waals surface area contributed by atoms with Crippen molar-refractivity contribution in [2.45, 2.75) is 0 Å². The van der Waals surface area contributed by atoms with Crippen molar-refractivity contribution >= 4 is 17.4 Å². The van der Waals surface area contributed by atoms with Gasteiger partial charge in [-0.3, -0.25) is 4.79 Å². The molecule has 3 rings (SSSR count). The molecule has 1 N–H and O–H groups in total. The van der Waals surface area contributed by atoms with Gasteiger partial charge in [-0.1, -0.05) is 48.5 Å². The van der Waals surface area contributed by atoms with Gasteiger partial charge in [0.25, 0.3) is 0 Å². The lowest BCUT2D eigenvalue weighted by atomic mass is 10.0. The van der Waals surface area contributed by atoms with E-state index in [0.29, 0.717) is 11.4 Å². The van der Waals surface area contributed by atoms with Crippen molar-refractivity contribution in [3.05, 3.63) is 78.5 Å². The van der Waals surface area contributed by atoms with Gasteiger partial charge in [-0.05, 0) is 23.8 Å². The van der Waals surface area contributed by atoms with E-state index in [1.807, 2.05) is 60.7 Å². The summed E-state index contributed by atoms with van der Waals surface area (Å²) in [7, 11) is 1.79. The predicted octanol–water partition coefficient (Wildman–Crippen LogP) is 3.70. The molecule has 0 atom stereocenters. The van der Waals surface area contributed by atoms with Crippen LogP contribution in [0.5, 0.6) is 0 Å². The number of nitrogens with one attached hydrogen (secondary N) is 1. The standard InChI is InChI=1S/C21H18N4O/c1-25(20-12-11-16(13-22)14-23-20)15-21(26)24-19-10-6-5-9-18(19)17-7-3-2-4-8-17/h2-12,14H,15H2,1H3,(H,24,26). The molecule has 0 spiro atoms. The third-order valence-corrected chi connectivity index (χ3v) is 3.93. The number of rotatable bonds is 5. The Kier molecular flexibility index (Phi) is 5.25. The Morgan fingerprint density at radius 1 is 1.08 bits per heavy atom. The van der Waals surface area contributed by atoms with Crippen molar-refractivity contribution in [2.24, 2.45) is 0 Å². The highest BCUT2D eigenvalue weighted by Gasteiger charge is 2.11. The van der Waals surface area contributed by atoms with Gasteiger partial charge < -0.3 is 10.2 Å². The minimum absolute atomic E-state index is 0.137. The molecule has 0 unspecified atom stereocenters. The van der Waals surface area contributed by atoms with Gasteiger partial charge in [-0.2, -0.15) is 5.26 Å². The van der Waals surface area contributed by atoms with Crippen molar-refractivity contribution in [1.82, 2.24) is 4.98 Å². The fraction of sp³-hybridized carbons (Fsp3) is 0.0952. The van der Waals surface area contributed by atoms with Crippen molar-refractivity contribution in [3.8, 4) is 17.2 Å². The second-order valence-electron chi connectivity index (χ2n) is 5.83. The molecule has 26 heavy (non-hydrogen) atoms. The number of hydrogen-bond acceptors (Lipinski definition) is 4. The number of para-hydroxylation sites is 1. The first kappa shape index (κ1) is 17.2. The third-order valence-electron chi connectivity index (χ3n) is 3.93. The maximum atomic E-state index is 12.5. The zero-order valence-electron chi connectivity index (χ0n) is 14.4. The Morgan fingerprint density at radius 2 is 1.81 bits per heavy atom. The summed E-state index contributed by atoms with van der Waals surface area (Å²) in [6, 6.07) is 23.1. The van der Waals surface area contributed by atoms with E-state index in [1.165, 1.54) is 6.20 Å². The molecule has 1 aromatic heterocycles. The second-order valence-corrected chi connectivity index (χ2v) is 5.83. The molecule has 5 heteroatoms. The quantitative estimate of drug-likeness (QED) is 0.768. The van der Waals surface area contributed by atoms with Crippen LogP contribution in [-0.4, -0.2) is 24.5 Å².